The molecule has 3 aliphatic rings. The highest BCUT2D eigenvalue weighted by Crippen LogP contribution is 2.52. The van der Waals surface area contributed by atoms with Gasteiger partial charge in [-0.25, -0.2) is 4.39 Å². The van der Waals surface area contributed by atoms with Gasteiger partial charge in [-0.15, -0.1) is 0 Å². The van der Waals surface area contributed by atoms with Gasteiger partial charge in [0.05, 0.1) is 7.11 Å². The van der Waals surface area contributed by atoms with Crippen LogP contribution >= 0.6 is 0 Å². The topological polar surface area (TPSA) is 58.6 Å². The first-order chi connectivity index (χ1) is 14.5. The van der Waals surface area contributed by atoms with E-state index in [0.29, 0.717) is 38.1 Å². The van der Waals surface area contributed by atoms with Gasteiger partial charge in [0.15, 0.2) is 11.6 Å². The third-order valence-corrected chi connectivity index (χ3v) is 7.55. The van der Waals surface area contributed by atoms with Crippen molar-refractivity contribution >= 4 is 11.8 Å². The predicted molar refractivity (Wildman–Crippen MR) is 117 cm³/mol. The Kier molecular flexibility index (Phi) is 5.55. The number of methoxy groups -OCH3 is 1. The van der Waals surface area contributed by atoms with Crippen LogP contribution in [0.3, 0.4) is 0 Å². The van der Waals surface area contributed by atoms with Crippen molar-refractivity contribution in [1.29, 1.82) is 0 Å². The van der Waals surface area contributed by atoms with Crippen molar-refractivity contribution in [1.82, 2.24) is 10.2 Å². The van der Waals surface area contributed by atoms with Crippen molar-refractivity contribution in [3.63, 3.8) is 0 Å². The van der Waals surface area contributed by atoms with Gasteiger partial charge in [-0.05, 0) is 67.1 Å². The highest BCUT2D eigenvalue weighted by molar-refractivity contribution is 5.80. The maximum absolute atomic E-state index is 13.8. The second-order valence-electron chi connectivity index (χ2n) is 11.2. The Morgan fingerprint density at radius 1 is 1.29 bits per heavy atom. The van der Waals surface area contributed by atoms with Gasteiger partial charge in [0.2, 0.25) is 11.8 Å². The maximum Gasteiger partial charge on any atom is 0.222 e. The number of hydrogen-bond acceptors (Lipinski definition) is 3. The van der Waals surface area contributed by atoms with Crippen LogP contribution in [0, 0.1) is 16.6 Å². The summed E-state index contributed by atoms with van der Waals surface area (Å²) in [5.41, 5.74) is 0.924. The molecule has 1 saturated carbocycles. The smallest absolute Gasteiger partial charge is 0.222 e. The van der Waals surface area contributed by atoms with E-state index in [2.05, 4.69) is 31.0 Å². The third-order valence-electron chi connectivity index (χ3n) is 7.55. The number of nitrogens with zero attached hydrogens (tertiary/aromatic N) is 1. The van der Waals surface area contributed by atoms with Crippen molar-refractivity contribution < 1.29 is 18.7 Å². The van der Waals surface area contributed by atoms with Crippen LogP contribution in [-0.4, -0.2) is 41.9 Å². The van der Waals surface area contributed by atoms with Crippen LogP contribution in [0.2, 0.25) is 0 Å². The molecular formula is C25H35FN2O3. The average molecular weight is 431 g/mol. The molecule has 1 aromatic rings. The first-order valence-corrected chi connectivity index (χ1v) is 11.5. The molecular weight excluding hydrogens is 395 g/mol. The Bertz CT molecular complexity index is 886. The van der Waals surface area contributed by atoms with Gasteiger partial charge < -0.3 is 15.0 Å². The van der Waals surface area contributed by atoms with E-state index < -0.39 is 11.4 Å². The summed E-state index contributed by atoms with van der Waals surface area (Å²) < 4.78 is 18.9. The Balaban J connectivity index is 1.46. The SMILES string of the molecule is COc1cc(C[C@@]2(CCC(=O)N3C[C@]4(C)C[C@@H]3CC(C)(C)C4)CCC(=O)N2)ccc1F. The Morgan fingerprint density at radius 3 is 2.74 bits per heavy atom. The number of carbonyl (C=O) groups excluding carboxylic acids is 2. The summed E-state index contributed by atoms with van der Waals surface area (Å²) >= 11 is 0. The third kappa shape index (κ3) is 4.58. The molecule has 0 radical (unpaired) electrons. The normalized spacial score (nSPS) is 31.6. The lowest BCUT2D eigenvalue weighted by atomic mass is 9.65. The van der Waals surface area contributed by atoms with Gasteiger partial charge in [0, 0.05) is 31.0 Å². The molecule has 2 saturated heterocycles. The molecule has 3 atom stereocenters. The Hall–Kier alpha value is -2.11. The Labute approximate surface area is 184 Å². The molecule has 1 aliphatic carbocycles. The van der Waals surface area contributed by atoms with Gasteiger partial charge in [-0.1, -0.05) is 26.8 Å². The van der Waals surface area contributed by atoms with Crippen molar-refractivity contribution in [2.45, 2.75) is 83.7 Å². The minimum Gasteiger partial charge on any atom is -0.494 e. The number of rotatable bonds is 6. The quantitative estimate of drug-likeness (QED) is 0.735. The van der Waals surface area contributed by atoms with Crippen LogP contribution in [0.5, 0.6) is 5.75 Å². The molecule has 0 unspecified atom stereocenters. The fourth-order valence-corrected chi connectivity index (χ4v) is 6.63. The Morgan fingerprint density at radius 2 is 2.06 bits per heavy atom. The molecule has 3 fully saturated rings. The molecule has 4 rings (SSSR count). The molecule has 2 heterocycles. The zero-order valence-corrected chi connectivity index (χ0v) is 19.2. The van der Waals surface area contributed by atoms with Gasteiger partial charge in [0.25, 0.3) is 0 Å². The fourth-order valence-electron chi connectivity index (χ4n) is 6.63. The molecule has 0 spiro atoms. The number of hydrogen-bond donors (Lipinski definition) is 1. The van der Waals surface area contributed by atoms with E-state index in [1.54, 1.807) is 12.1 Å². The van der Waals surface area contributed by atoms with Gasteiger partial charge >= 0.3 is 0 Å². The molecule has 2 bridgehead atoms. The summed E-state index contributed by atoms with van der Waals surface area (Å²) in [6.07, 6.45) is 6.05. The van der Waals surface area contributed by atoms with Gasteiger partial charge in [-0.3, -0.25) is 9.59 Å². The van der Waals surface area contributed by atoms with E-state index in [4.69, 9.17) is 4.74 Å². The molecule has 2 amide bonds. The summed E-state index contributed by atoms with van der Waals surface area (Å²) in [6, 6.07) is 5.15. The van der Waals surface area contributed by atoms with Crippen LogP contribution in [-0.2, 0) is 16.0 Å². The van der Waals surface area contributed by atoms with Crippen LogP contribution in [0.1, 0.15) is 71.3 Å². The number of carbonyl (C=O) groups is 2. The van der Waals surface area contributed by atoms with Gasteiger partial charge in [0.1, 0.15) is 0 Å². The first kappa shape index (κ1) is 22.1. The van der Waals surface area contributed by atoms with Gasteiger partial charge in [-0.2, -0.15) is 0 Å². The lowest BCUT2D eigenvalue weighted by molar-refractivity contribution is -0.133. The summed E-state index contributed by atoms with van der Waals surface area (Å²) in [7, 11) is 1.45. The van der Waals surface area contributed by atoms with E-state index >= 15 is 0 Å². The molecule has 1 aromatic carbocycles. The molecule has 1 N–H and O–H groups in total. The zero-order chi connectivity index (χ0) is 22.4. The minimum absolute atomic E-state index is 0.0211. The summed E-state index contributed by atoms with van der Waals surface area (Å²) in [4.78, 5) is 27.5. The van der Waals surface area contributed by atoms with E-state index in [1.807, 2.05) is 0 Å². The molecule has 0 aromatic heterocycles. The largest absolute Gasteiger partial charge is 0.494 e. The highest BCUT2D eigenvalue weighted by atomic mass is 19.1. The van der Waals surface area contributed by atoms with Crippen molar-refractivity contribution in [3.05, 3.63) is 29.6 Å². The second-order valence-corrected chi connectivity index (χ2v) is 11.2. The number of likely N-dealkylation sites (tertiary alicyclic amines) is 1. The number of halogens is 1. The van der Waals surface area contributed by atoms with Crippen LogP contribution in [0.25, 0.3) is 0 Å². The van der Waals surface area contributed by atoms with Crippen LogP contribution in [0.4, 0.5) is 4.39 Å². The number of amides is 2. The maximum atomic E-state index is 13.8. The lowest BCUT2D eigenvalue weighted by Gasteiger charge is -2.39. The van der Waals surface area contributed by atoms with Crippen LogP contribution in [0.15, 0.2) is 18.2 Å². The van der Waals surface area contributed by atoms with E-state index in [-0.39, 0.29) is 28.4 Å². The monoisotopic (exact) mass is 430 g/mol. The summed E-state index contributed by atoms with van der Waals surface area (Å²) in [6.45, 7) is 7.78. The number of ether oxygens (including phenoxy) is 1. The van der Waals surface area contributed by atoms with E-state index in [0.717, 1.165) is 31.4 Å². The zero-order valence-electron chi connectivity index (χ0n) is 19.2. The highest BCUT2D eigenvalue weighted by Gasteiger charge is 2.51. The first-order valence-electron chi connectivity index (χ1n) is 11.5. The van der Waals surface area contributed by atoms with E-state index in [9.17, 15) is 14.0 Å². The van der Waals surface area contributed by atoms with Crippen molar-refractivity contribution in [2.24, 2.45) is 10.8 Å². The molecule has 2 aliphatic heterocycles. The fraction of sp³-hybridized carbons (Fsp3) is 0.680. The summed E-state index contributed by atoms with van der Waals surface area (Å²) in [5.74, 6) is 0.0206. The lowest BCUT2D eigenvalue weighted by Crippen LogP contribution is -2.45. The number of nitrogens with one attached hydrogen (secondary N) is 1. The van der Waals surface area contributed by atoms with Crippen molar-refractivity contribution in [3.8, 4) is 5.75 Å². The second kappa shape index (κ2) is 7.79. The molecule has 170 valence electrons. The number of benzene rings is 1. The molecule has 31 heavy (non-hydrogen) atoms. The standard InChI is InChI=1S/C25H35FN2O3/c1-23(2)13-18-14-24(3,15-23)16-28(18)22(30)8-10-25(9-7-21(29)27-25)12-17-5-6-19(26)20(11-17)31-4/h5-6,11,18H,7-10,12-16H2,1-4H3,(H,27,29)/t18-,24+,25-/m0/s1. The minimum atomic E-state index is -0.465. The average Bonchev–Trinajstić information content (AvgIpc) is 3.17. The van der Waals surface area contributed by atoms with Crippen LogP contribution < -0.4 is 10.1 Å². The number of fused-ring (bicyclic) bond motifs is 2. The van der Waals surface area contributed by atoms with E-state index in [1.165, 1.54) is 13.2 Å². The molecule has 5 nitrogen and oxygen atoms in total. The molecule has 6 heteroatoms. The summed E-state index contributed by atoms with van der Waals surface area (Å²) in [5, 5.41) is 3.14. The van der Waals surface area contributed by atoms with Crippen molar-refractivity contribution in [2.75, 3.05) is 13.7 Å². The predicted octanol–water partition coefficient (Wildman–Crippen LogP) is 4.23.